The summed E-state index contributed by atoms with van der Waals surface area (Å²) < 4.78 is 0. The number of rotatable bonds is 2. The van der Waals surface area contributed by atoms with Gasteiger partial charge in [0.1, 0.15) is 0 Å². The monoisotopic (exact) mass is 227 g/mol. The minimum absolute atomic E-state index is 0. The first kappa shape index (κ1) is 9.68. The summed E-state index contributed by atoms with van der Waals surface area (Å²) in [5.41, 5.74) is 1.19. The smallest absolute Gasteiger partial charge is 0.0340 e. The van der Waals surface area contributed by atoms with Gasteiger partial charge in [-0.3, -0.25) is 0 Å². The molecule has 0 aromatic heterocycles. The molecule has 0 fully saturated rings. The molecule has 0 unspecified atom stereocenters. The van der Waals surface area contributed by atoms with Crippen molar-refractivity contribution in [2.45, 2.75) is 6.92 Å². The Bertz CT molecular complexity index is 162. The molecule has 1 aromatic carbocycles. The van der Waals surface area contributed by atoms with Gasteiger partial charge in [-0.25, -0.2) is 0 Å². The number of para-hydroxylation sites is 1. The van der Waals surface area contributed by atoms with E-state index >= 15 is 0 Å². The SMILES string of the molecule is CCNc1ccccc1.[Pd]. The van der Waals surface area contributed by atoms with Crippen molar-refractivity contribution in [2.24, 2.45) is 0 Å². The predicted molar refractivity (Wildman–Crippen MR) is 40.6 cm³/mol. The molecule has 1 aromatic rings. The Labute approximate surface area is 75.5 Å². The summed E-state index contributed by atoms with van der Waals surface area (Å²) in [5, 5.41) is 3.21. The first-order valence-corrected chi connectivity index (χ1v) is 3.22. The summed E-state index contributed by atoms with van der Waals surface area (Å²) in [7, 11) is 0. The topological polar surface area (TPSA) is 12.0 Å². The number of anilines is 1. The average Bonchev–Trinajstić information content (AvgIpc) is 1.91. The molecular formula is C8H11NPd. The Kier molecular flexibility index (Phi) is 5.29. The zero-order valence-corrected chi connectivity index (χ0v) is 7.46. The van der Waals surface area contributed by atoms with Crippen LogP contribution in [-0.2, 0) is 20.4 Å². The zero-order chi connectivity index (χ0) is 6.53. The van der Waals surface area contributed by atoms with Crippen LogP contribution in [0, 0.1) is 0 Å². The molecule has 0 aliphatic carbocycles. The summed E-state index contributed by atoms with van der Waals surface area (Å²) in [6, 6.07) is 10.2. The Balaban J connectivity index is 0.000000810. The standard InChI is InChI=1S/C8H11N.Pd/c1-2-9-8-6-4-3-5-7-8;/h3-7,9H,2H2,1H3;. The maximum atomic E-state index is 3.21. The van der Waals surface area contributed by atoms with Crippen molar-refractivity contribution in [3.63, 3.8) is 0 Å². The van der Waals surface area contributed by atoms with Gasteiger partial charge in [0.05, 0.1) is 0 Å². The fraction of sp³-hybridized carbons (Fsp3) is 0.250. The molecular weight excluding hydrogens is 217 g/mol. The molecule has 58 valence electrons. The summed E-state index contributed by atoms with van der Waals surface area (Å²) >= 11 is 0. The van der Waals surface area contributed by atoms with Crippen LogP contribution in [0.3, 0.4) is 0 Å². The molecule has 0 radical (unpaired) electrons. The minimum Gasteiger partial charge on any atom is -0.385 e. The Morgan fingerprint density at radius 1 is 1.20 bits per heavy atom. The summed E-state index contributed by atoms with van der Waals surface area (Å²) in [4.78, 5) is 0. The maximum Gasteiger partial charge on any atom is 0.0340 e. The number of benzene rings is 1. The van der Waals surface area contributed by atoms with Crippen LogP contribution < -0.4 is 5.32 Å². The quantitative estimate of drug-likeness (QED) is 0.764. The van der Waals surface area contributed by atoms with Crippen molar-refractivity contribution in [3.8, 4) is 0 Å². The van der Waals surface area contributed by atoms with Crippen LogP contribution >= 0.6 is 0 Å². The van der Waals surface area contributed by atoms with Gasteiger partial charge in [0, 0.05) is 32.7 Å². The van der Waals surface area contributed by atoms with Gasteiger partial charge < -0.3 is 5.32 Å². The summed E-state index contributed by atoms with van der Waals surface area (Å²) in [6.07, 6.45) is 0. The summed E-state index contributed by atoms with van der Waals surface area (Å²) in [5.74, 6) is 0. The van der Waals surface area contributed by atoms with Crippen molar-refractivity contribution in [3.05, 3.63) is 30.3 Å². The number of hydrogen-bond donors (Lipinski definition) is 1. The van der Waals surface area contributed by atoms with Gasteiger partial charge in [0.25, 0.3) is 0 Å². The second-order valence-electron chi connectivity index (χ2n) is 1.90. The first-order chi connectivity index (χ1) is 4.43. The molecule has 0 bridgehead atoms. The maximum absolute atomic E-state index is 3.21. The van der Waals surface area contributed by atoms with Gasteiger partial charge in [-0.05, 0) is 19.1 Å². The van der Waals surface area contributed by atoms with Crippen molar-refractivity contribution in [1.29, 1.82) is 0 Å². The fourth-order valence-corrected chi connectivity index (χ4v) is 0.760. The van der Waals surface area contributed by atoms with E-state index in [1.165, 1.54) is 5.69 Å². The minimum atomic E-state index is 0. The van der Waals surface area contributed by atoms with E-state index in [1.54, 1.807) is 0 Å². The Morgan fingerprint density at radius 3 is 2.30 bits per heavy atom. The molecule has 0 spiro atoms. The van der Waals surface area contributed by atoms with E-state index in [2.05, 4.69) is 24.4 Å². The molecule has 0 saturated carbocycles. The summed E-state index contributed by atoms with van der Waals surface area (Å²) in [6.45, 7) is 3.08. The molecule has 10 heavy (non-hydrogen) atoms. The van der Waals surface area contributed by atoms with Gasteiger partial charge in [-0.2, -0.15) is 0 Å². The molecule has 2 heteroatoms. The third-order valence-electron chi connectivity index (χ3n) is 1.15. The predicted octanol–water partition coefficient (Wildman–Crippen LogP) is 2.12. The largest absolute Gasteiger partial charge is 0.385 e. The zero-order valence-electron chi connectivity index (χ0n) is 5.91. The molecule has 0 saturated heterocycles. The third kappa shape index (κ3) is 3.01. The van der Waals surface area contributed by atoms with E-state index < -0.39 is 0 Å². The molecule has 0 amide bonds. The van der Waals surface area contributed by atoms with Crippen LogP contribution in [0.4, 0.5) is 5.69 Å². The number of hydrogen-bond acceptors (Lipinski definition) is 1. The van der Waals surface area contributed by atoms with Gasteiger partial charge in [-0.1, -0.05) is 18.2 Å². The average molecular weight is 228 g/mol. The molecule has 0 aliphatic heterocycles. The van der Waals surface area contributed by atoms with Gasteiger partial charge in [0.2, 0.25) is 0 Å². The molecule has 0 heterocycles. The van der Waals surface area contributed by atoms with Crippen molar-refractivity contribution < 1.29 is 20.4 Å². The van der Waals surface area contributed by atoms with E-state index in [0.29, 0.717) is 0 Å². The van der Waals surface area contributed by atoms with E-state index in [9.17, 15) is 0 Å². The van der Waals surface area contributed by atoms with E-state index in [0.717, 1.165) is 6.54 Å². The van der Waals surface area contributed by atoms with E-state index in [4.69, 9.17) is 0 Å². The second-order valence-corrected chi connectivity index (χ2v) is 1.90. The van der Waals surface area contributed by atoms with Gasteiger partial charge >= 0.3 is 0 Å². The molecule has 0 atom stereocenters. The van der Waals surface area contributed by atoms with Crippen LogP contribution in [-0.4, -0.2) is 6.54 Å². The van der Waals surface area contributed by atoms with Crippen molar-refractivity contribution >= 4 is 5.69 Å². The molecule has 1 rings (SSSR count). The second kappa shape index (κ2) is 5.47. The first-order valence-electron chi connectivity index (χ1n) is 3.22. The molecule has 1 N–H and O–H groups in total. The molecule has 1 nitrogen and oxygen atoms in total. The van der Waals surface area contributed by atoms with Crippen LogP contribution in [0.5, 0.6) is 0 Å². The normalized spacial score (nSPS) is 8.10. The van der Waals surface area contributed by atoms with E-state index in [-0.39, 0.29) is 20.4 Å². The van der Waals surface area contributed by atoms with Crippen molar-refractivity contribution in [2.75, 3.05) is 11.9 Å². The fourth-order valence-electron chi connectivity index (χ4n) is 0.760. The van der Waals surface area contributed by atoms with Crippen LogP contribution in [0.15, 0.2) is 30.3 Å². The van der Waals surface area contributed by atoms with E-state index in [1.807, 2.05) is 18.2 Å². The van der Waals surface area contributed by atoms with Crippen LogP contribution in [0.1, 0.15) is 6.92 Å². The van der Waals surface area contributed by atoms with Crippen molar-refractivity contribution in [1.82, 2.24) is 0 Å². The van der Waals surface area contributed by atoms with Gasteiger partial charge in [0.15, 0.2) is 0 Å². The van der Waals surface area contributed by atoms with Gasteiger partial charge in [-0.15, -0.1) is 0 Å². The molecule has 0 aliphatic rings. The third-order valence-corrected chi connectivity index (χ3v) is 1.15. The van der Waals surface area contributed by atoms with Crippen LogP contribution in [0.2, 0.25) is 0 Å². The Hall–Kier alpha value is -0.318. The Morgan fingerprint density at radius 2 is 1.80 bits per heavy atom. The number of nitrogens with one attached hydrogen (secondary N) is 1. The van der Waals surface area contributed by atoms with Crippen LogP contribution in [0.25, 0.3) is 0 Å².